The number of amides is 3. The molecule has 0 aliphatic rings. The first-order chi connectivity index (χ1) is 19.2. The number of fused-ring (bicyclic) bond motifs is 1. The van der Waals surface area contributed by atoms with Gasteiger partial charge in [0, 0.05) is 23.6 Å². The molecule has 0 radical (unpaired) electrons. The number of ether oxygens (including phenoxy) is 1. The standard InChI is InChI=1S/C28H32N4O8/c33-24(16-32(17-26(35)36)25(34)14-20-15-30-22-11-5-4-10-21(20)22)31-23(27(37)38)12-6-7-13-29-28(39)40-18-19-8-2-1-3-9-19/h1-5,8-11,15,23,30H,6-7,12-14,16-18H2,(H,29,39)(H,31,33)(H,35,36)(H,37,38)/t23-/m0/s1. The molecule has 0 unspecified atom stereocenters. The van der Waals surface area contributed by atoms with Crippen LogP contribution in [0.5, 0.6) is 0 Å². The minimum absolute atomic E-state index is 0.0734. The lowest BCUT2D eigenvalue weighted by Gasteiger charge is -2.22. The van der Waals surface area contributed by atoms with Crippen molar-refractivity contribution in [1.82, 2.24) is 20.5 Å². The van der Waals surface area contributed by atoms with Crippen LogP contribution < -0.4 is 10.6 Å². The number of nitrogens with one attached hydrogen (secondary N) is 3. The van der Waals surface area contributed by atoms with Gasteiger partial charge < -0.3 is 35.5 Å². The van der Waals surface area contributed by atoms with Crippen LogP contribution in [0.25, 0.3) is 10.9 Å². The van der Waals surface area contributed by atoms with Gasteiger partial charge in [-0.2, -0.15) is 0 Å². The molecule has 1 aromatic heterocycles. The highest BCUT2D eigenvalue weighted by Gasteiger charge is 2.25. The third kappa shape index (κ3) is 9.46. The molecule has 5 N–H and O–H groups in total. The molecule has 12 nitrogen and oxygen atoms in total. The third-order valence-electron chi connectivity index (χ3n) is 6.06. The molecule has 212 valence electrons. The Balaban J connectivity index is 1.44. The third-order valence-corrected chi connectivity index (χ3v) is 6.06. The summed E-state index contributed by atoms with van der Waals surface area (Å²) in [5.41, 5.74) is 2.31. The van der Waals surface area contributed by atoms with Crippen LogP contribution in [0.1, 0.15) is 30.4 Å². The molecular formula is C28H32N4O8. The van der Waals surface area contributed by atoms with Crippen molar-refractivity contribution in [1.29, 1.82) is 0 Å². The fourth-order valence-electron chi connectivity index (χ4n) is 4.06. The summed E-state index contributed by atoms with van der Waals surface area (Å²) in [6.07, 6.45) is 1.81. The summed E-state index contributed by atoms with van der Waals surface area (Å²) in [7, 11) is 0. The summed E-state index contributed by atoms with van der Waals surface area (Å²) in [5.74, 6) is -3.94. The predicted molar refractivity (Wildman–Crippen MR) is 144 cm³/mol. The first-order valence-electron chi connectivity index (χ1n) is 12.7. The quantitative estimate of drug-likeness (QED) is 0.178. The Bertz CT molecular complexity index is 1320. The van der Waals surface area contributed by atoms with Crippen LogP contribution in [0.2, 0.25) is 0 Å². The monoisotopic (exact) mass is 552 g/mol. The molecule has 0 saturated heterocycles. The normalized spacial score (nSPS) is 11.4. The minimum Gasteiger partial charge on any atom is -0.480 e. The van der Waals surface area contributed by atoms with Crippen LogP contribution in [-0.2, 0) is 36.9 Å². The Kier molecular flexibility index (Phi) is 11.1. The fourth-order valence-corrected chi connectivity index (χ4v) is 4.06. The van der Waals surface area contributed by atoms with Gasteiger partial charge in [0.25, 0.3) is 0 Å². The van der Waals surface area contributed by atoms with E-state index in [0.29, 0.717) is 18.4 Å². The van der Waals surface area contributed by atoms with Gasteiger partial charge in [0.15, 0.2) is 0 Å². The van der Waals surface area contributed by atoms with Crippen LogP contribution in [0.15, 0.2) is 60.8 Å². The molecule has 40 heavy (non-hydrogen) atoms. The Hall–Kier alpha value is -4.87. The number of aliphatic carboxylic acids is 2. The Labute approximate surface area is 230 Å². The van der Waals surface area contributed by atoms with E-state index >= 15 is 0 Å². The van der Waals surface area contributed by atoms with E-state index < -0.39 is 49.0 Å². The molecular weight excluding hydrogens is 520 g/mol. The van der Waals surface area contributed by atoms with E-state index in [0.717, 1.165) is 21.4 Å². The van der Waals surface area contributed by atoms with E-state index in [4.69, 9.17) is 4.74 Å². The second kappa shape index (κ2) is 14.9. The van der Waals surface area contributed by atoms with Crippen molar-refractivity contribution in [3.8, 4) is 0 Å². The highest BCUT2D eigenvalue weighted by atomic mass is 16.5. The molecule has 1 atom stereocenters. The van der Waals surface area contributed by atoms with Crippen LogP contribution >= 0.6 is 0 Å². The van der Waals surface area contributed by atoms with Gasteiger partial charge in [-0.15, -0.1) is 0 Å². The highest BCUT2D eigenvalue weighted by Crippen LogP contribution is 2.18. The van der Waals surface area contributed by atoms with Crippen molar-refractivity contribution in [2.75, 3.05) is 19.6 Å². The number of unbranched alkanes of at least 4 members (excludes halogenated alkanes) is 1. The molecule has 3 rings (SSSR count). The SMILES string of the molecule is O=C(O)CN(CC(=O)N[C@@H](CCCCNC(=O)OCc1ccccc1)C(=O)O)C(=O)Cc1c[nH]c2ccccc12. The van der Waals surface area contributed by atoms with Crippen LogP contribution in [-0.4, -0.2) is 75.6 Å². The summed E-state index contributed by atoms with van der Waals surface area (Å²) in [5, 5.41) is 24.5. The Morgan fingerprint density at radius 2 is 1.65 bits per heavy atom. The number of hydrogen-bond donors (Lipinski definition) is 5. The predicted octanol–water partition coefficient (Wildman–Crippen LogP) is 2.29. The lowest BCUT2D eigenvalue weighted by Crippen LogP contribution is -2.48. The summed E-state index contributed by atoms with van der Waals surface area (Å²) in [6, 6.07) is 15.2. The average molecular weight is 553 g/mol. The van der Waals surface area contributed by atoms with Crippen molar-refractivity contribution in [3.63, 3.8) is 0 Å². The number of carboxylic acid groups (broad SMARTS) is 2. The molecule has 2 aromatic carbocycles. The second-order valence-corrected chi connectivity index (χ2v) is 9.12. The maximum Gasteiger partial charge on any atom is 0.407 e. The van der Waals surface area contributed by atoms with Crippen LogP contribution in [0, 0.1) is 0 Å². The zero-order chi connectivity index (χ0) is 28.9. The molecule has 0 aliphatic carbocycles. The van der Waals surface area contributed by atoms with Crippen molar-refractivity contribution in [2.45, 2.75) is 38.3 Å². The number of hydrogen-bond acceptors (Lipinski definition) is 6. The van der Waals surface area contributed by atoms with Crippen molar-refractivity contribution in [2.24, 2.45) is 0 Å². The average Bonchev–Trinajstić information content (AvgIpc) is 3.33. The van der Waals surface area contributed by atoms with Gasteiger partial charge in [0.2, 0.25) is 11.8 Å². The van der Waals surface area contributed by atoms with E-state index in [1.165, 1.54) is 0 Å². The number of carbonyl (C=O) groups excluding carboxylic acids is 3. The molecule has 0 fully saturated rings. The molecule has 3 aromatic rings. The van der Waals surface area contributed by atoms with Gasteiger partial charge in [-0.1, -0.05) is 48.5 Å². The van der Waals surface area contributed by atoms with Gasteiger partial charge in [0.1, 0.15) is 25.7 Å². The maximum absolute atomic E-state index is 12.9. The number of aromatic nitrogens is 1. The van der Waals surface area contributed by atoms with Gasteiger partial charge in [-0.05, 0) is 36.5 Å². The first-order valence-corrected chi connectivity index (χ1v) is 12.7. The zero-order valence-corrected chi connectivity index (χ0v) is 21.8. The number of H-pyrrole nitrogens is 1. The summed E-state index contributed by atoms with van der Waals surface area (Å²) < 4.78 is 5.11. The molecule has 0 bridgehead atoms. The van der Waals surface area contributed by atoms with Gasteiger partial charge in [-0.25, -0.2) is 9.59 Å². The second-order valence-electron chi connectivity index (χ2n) is 9.12. The number of alkyl carbamates (subject to hydrolysis) is 1. The number of nitrogens with zero attached hydrogens (tertiary/aromatic N) is 1. The summed E-state index contributed by atoms with van der Waals surface area (Å²) in [4.78, 5) is 64.2. The van der Waals surface area contributed by atoms with Crippen molar-refractivity contribution in [3.05, 3.63) is 71.9 Å². The van der Waals surface area contributed by atoms with Crippen LogP contribution in [0.3, 0.4) is 0 Å². The van der Waals surface area contributed by atoms with E-state index in [1.807, 2.05) is 54.6 Å². The van der Waals surface area contributed by atoms with Crippen molar-refractivity contribution < 1.29 is 38.9 Å². The fraction of sp³-hybridized carbons (Fsp3) is 0.321. The van der Waals surface area contributed by atoms with E-state index in [-0.39, 0.29) is 26.0 Å². The summed E-state index contributed by atoms with van der Waals surface area (Å²) in [6.45, 7) is -0.934. The summed E-state index contributed by atoms with van der Waals surface area (Å²) >= 11 is 0. The Morgan fingerprint density at radius 3 is 2.38 bits per heavy atom. The lowest BCUT2D eigenvalue weighted by atomic mass is 10.1. The zero-order valence-electron chi connectivity index (χ0n) is 21.8. The number of carbonyl (C=O) groups is 5. The number of aromatic amines is 1. The van der Waals surface area contributed by atoms with E-state index in [1.54, 1.807) is 6.20 Å². The Morgan fingerprint density at radius 1 is 0.925 bits per heavy atom. The van der Waals surface area contributed by atoms with Gasteiger partial charge in [-0.3, -0.25) is 14.4 Å². The van der Waals surface area contributed by atoms with E-state index in [2.05, 4.69) is 15.6 Å². The molecule has 12 heteroatoms. The highest BCUT2D eigenvalue weighted by molar-refractivity contribution is 5.93. The minimum atomic E-state index is -1.30. The number of para-hydroxylation sites is 1. The molecule has 0 aliphatic heterocycles. The number of rotatable bonds is 15. The molecule has 0 saturated carbocycles. The molecule has 3 amide bonds. The van der Waals surface area contributed by atoms with Gasteiger partial charge in [0.05, 0.1) is 6.42 Å². The number of carboxylic acids is 2. The first kappa shape index (κ1) is 29.7. The maximum atomic E-state index is 12.9. The lowest BCUT2D eigenvalue weighted by molar-refractivity contribution is -0.147. The van der Waals surface area contributed by atoms with Crippen molar-refractivity contribution >= 4 is 40.7 Å². The molecule has 0 spiro atoms. The topological polar surface area (TPSA) is 178 Å². The smallest absolute Gasteiger partial charge is 0.407 e. The van der Waals surface area contributed by atoms with E-state index in [9.17, 15) is 34.2 Å². The van der Waals surface area contributed by atoms with Crippen LogP contribution in [0.4, 0.5) is 4.79 Å². The number of benzene rings is 2. The molecule has 1 heterocycles. The van der Waals surface area contributed by atoms with Gasteiger partial charge >= 0.3 is 18.0 Å². The largest absolute Gasteiger partial charge is 0.480 e.